The standard InChI is InChI=1S/C25H26N4O4/c1-31-20-10-9-16(11-22(20)32-19-6-2-3-7-19)18-13-27-25(30)29(14-18)15-23-28-24-17(12-26)5-4-8-21(24)33-23/h4-5,8-11,18-19H,2-3,6-7,13-15H2,1H3,(H,27,30). The van der Waals surface area contributed by atoms with Crippen LogP contribution in [-0.2, 0) is 6.54 Å². The van der Waals surface area contributed by atoms with Crippen LogP contribution in [-0.4, -0.2) is 42.2 Å². The molecule has 1 N–H and O–H groups in total. The third kappa shape index (κ3) is 4.31. The van der Waals surface area contributed by atoms with Gasteiger partial charge >= 0.3 is 6.03 Å². The number of para-hydroxylation sites is 1. The van der Waals surface area contributed by atoms with E-state index in [2.05, 4.69) is 16.4 Å². The van der Waals surface area contributed by atoms with E-state index in [1.54, 1.807) is 30.2 Å². The van der Waals surface area contributed by atoms with Gasteiger partial charge in [-0.25, -0.2) is 9.78 Å². The second kappa shape index (κ2) is 9.02. The Morgan fingerprint density at radius 2 is 2.09 bits per heavy atom. The highest BCUT2D eigenvalue weighted by molar-refractivity contribution is 5.79. The summed E-state index contributed by atoms with van der Waals surface area (Å²) in [5.74, 6) is 1.97. The van der Waals surface area contributed by atoms with Gasteiger partial charge in [-0.1, -0.05) is 12.1 Å². The number of fused-ring (bicyclic) bond motifs is 1. The molecule has 2 amide bonds. The van der Waals surface area contributed by atoms with E-state index in [4.69, 9.17) is 13.9 Å². The second-order valence-electron chi connectivity index (χ2n) is 8.57. The number of carbonyl (C=O) groups excluding carboxylic acids is 1. The molecule has 5 rings (SSSR count). The van der Waals surface area contributed by atoms with Crippen molar-refractivity contribution >= 4 is 17.1 Å². The highest BCUT2D eigenvalue weighted by Gasteiger charge is 2.29. The summed E-state index contributed by atoms with van der Waals surface area (Å²) in [5, 5.41) is 12.3. The van der Waals surface area contributed by atoms with E-state index < -0.39 is 0 Å². The molecule has 1 aromatic heterocycles. The monoisotopic (exact) mass is 446 g/mol. The first-order chi connectivity index (χ1) is 16.1. The van der Waals surface area contributed by atoms with Crippen molar-refractivity contribution in [3.63, 3.8) is 0 Å². The van der Waals surface area contributed by atoms with E-state index in [1.165, 1.54) is 12.8 Å². The maximum atomic E-state index is 12.6. The molecule has 2 aromatic carbocycles. The molecule has 1 saturated heterocycles. The summed E-state index contributed by atoms with van der Waals surface area (Å²) >= 11 is 0. The summed E-state index contributed by atoms with van der Waals surface area (Å²) in [6, 6.07) is 13.2. The van der Waals surface area contributed by atoms with Gasteiger partial charge in [0.05, 0.1) is 25.3 Å². The Morgan fingerprint density at radius 3 is 2.88 bits per heavy atom. The van der Waals surface area contributed by atoms with Crippen LogP contribution in [0.3, 0.4) is 0 Å². The fourth-order valence-electron chi connectivity index (χ4n) is 4.64. The van der Waals surface area contributed by atoms with Crippen molar-refractivity contribution in [2.24, 2.45) is 0 Å². The normalized spacial score (nSPS) is 18.8. The number of rotatable bonds is 6. The maximum absolute atomic E-state index is 12.6. The lowest BCUT2D eigenvalue weighted by Gasteiger charge is -2.33. The van der Waals surface area contributed by atoms with Crippen LogP contribution in [0.15, 0.2) is 40.8 Å². The fourth-order valence-corrected chi connectivity index (χ4v) is 4.64. The molecule has 8 nitrogen and oxygen atoms in total. The molecule has 0 spiro atoms. The Hall–Kier alpha value is -3.73. The number of hydrogen-bond donors (Lipinski definition) is 1. The van der Waals surface area contributed by atoms with Gasteiger partial charge in [0.1, 0.15) is 11.6 Å². The van der Waals surface area contributed by atoms with E-state index in [9.17, 15) is 10.1 Å². The minimum atomic E-state index is -0.162. The predicted octanol–water partition coefficient (Wildman–Crippen LogP) is 4.34. The van der Waals surface area contributed by atoms with Crippen LogP contribution in [0.2, 0.25) is 0 Å². The lowest BCUT2D eigenvalue weighted by molar-refractivity contribution is 0.170. The van der Waals surface area contributed by atoms with Crippen LogP contribution in [0.1, 0.15) is 48.6 Å². The van der Waals surface area contributed by atoms with E-state index in [0.29, 0.717) is 35.6 Å². The van der Waals surface area contributed by atoms with Crippen LogP contribution < -0.4 is 14.8 Å². The Balaban J connectivity index is 1.34. The summed E-state index contributed by atoms with van der Waals surface area (Å²) in [5.41, 5.74) is 2.60. The molecule has 1 unspecified atom stereocenters. The second-order valence-corrected chi connectivity index (χ2v) is 8.57. The fraction of sp³-hybridized carbons (Fsp3) is 0.400. The molecule has 2 aliphatic rings. The largest absolute Gasteiger partial charge is 0.493 e. The van der Waals surface area contributed by atoms with Crippen molar-refractivity contribution in [2.75, 3.05) is 20.2 Å². The Morgan fingerprint density at radius 1 is 1.24 bits per heavy atom. The number of urea groups is 1. The van der Waals surface area contributed by atoms with Crippen LogP contribution in [0.25, 0.3) is 11.1 Å². The van der Waals surface area contributed by atoms with Crippen LogP contribution in [0.4, 0.5) is 4.79 Å². The van der Waals surface area contributed by atoms with Gasteiger partial charge in [-0.3, -0.25) is 0 Å². The molecule has 8 heteroatoms. The molecule has 3 aromatic rings. The lowest BCUT2D eigenvalue weighted by atomic mass is 9.96. The van der Waals surface area contributed by atoms with Crippen LogP contribution in [0, 0.1) is 11.3 Å². The molecule has 1 saturated carbocycles. The van der Waals surface area contributed by atoms with E-state index in [0.717, 1.165) is 29.9 Å². The molecule has 0 radical (unpaired) electrons. The molecular formula is C25H26N4O4. The van der Waals surface area contributed by atoms with Gasteiger partial charge in [0, 0.05) is 19.0 Å². The minimum Gasteiger partial charge on any atom is -0.493 e. The summed E-state index contributed by atoms with van der Waals surface area (Å²) in [4.78, 5) is 18.7. The van der Waals surface area contributed by atoms with Gasteiger partial charge in [0.2, 0.25) is 5.89 Å². The minimum absolute atomic E-state index is 0.0820. The molecule has 170 valence electrons. The number of benzene rings is 2. The molecule has 1 aliphatic carbocycles. The van der Waals surface area contributed by atoms with Gasteiger partial charge < -0.3 is 24.1 Å². The molecular weight excluding hydrogens is 420 g/mol. The number of nitriles is 1. The average Bonchev–Trinajstić information content (AvgIpc) is 3.49. The Labute approximate surface area is 192 Å². The van der Waals surface area contributed by atoms with Gasteiger partial charge in [0.25, 0.3) is 0 Å². The Bertz CT molecular complexity index is 1210. The summed E-state index contributed by atoms with van der Waals surface area (Å²) < 4.78 is 17.6. The number of carbonyl (C=O) groups is 1. The lowest BCUT2D eigenvalue weighted by Crippen LogP contribution is -2.49. The van der Waals surface area contributed by atoms with Crippen molar-refractivity contribution in [2.45, 2.75) is 44.2 Å². The first kappa shape index (κ1) is 21.1. The number of aromatic nitrogens is 1. The van der Waals surface area contributed by atoms with E-state index >= 15 is 0 Å². The zero-order valence-corrected chi connectivity index (χ0v) is 18.5. The van der Waals surface area contributed by atoms with Gasteiger partial charge in [-0.15, -0.1) is 0 Å². The molecule has 1 aliphatic heterocycles. The highest BCUT2D eigenvalue weighted by Crippen LogP contribution is 2.35. The van der Waals surface area contributed by atoms with Crippen molar-refractivity contribution in [3.8, 4) is 17.6 Å². The molecule has 2 fully saturated rings. The highest BCUT2D eigenvalue weighted by atomic mass is 16.5. The molecule has 33 heavy (non-hydrogen) atoms. The van der Waals surface area contributed by atoms with Crippen molar-refractivity contribution in [1.29, 1.82) is 5.26 Å². The number of methoxy groups -OCH3 is 1. The van der Waals surface area contributed by atoms with Crippen molar-refractivity contribution in [1.82, 2.24) is 15.2 Å². The van der Waals surface area contributed by atoms with Gasteiger partial charge in [-0.05, 0) is 55.5 Å². The number of oxazole rings is 1. The van der Waals surface area contributed by atoms with Crippen LogP contribution in [0.5, 0.6) is 11.5 Å². The number of nitrogens with one attached hydrogen (secondary N) is 1. The zero-order valence-electron chi connectivity index (χ0n) is 18.5. The third-order valence-corrected chi connectivity index (χ3v) is 6.39. The van der Waals surface area contributed by atoms with Crippen LogP contribution >= 0.6 is 0 Å². The summed E-state index contributed by atoms with van der Waals surface area (Å²) in [7, 11) is 1.65. The van der Waals surface area contributed by atoms with Gasteiger partial charge in [0.15, 0.2) is 17.1 Å². The summed E-state index contributed by atoms with van der Waals surface area (Å²) in [6.07, 6.45) is 4.76. The smallest absolute Gasteiger partial charge is 0.317 e. The predicted molar refractivity (Wildman–Crippen MR) is 121 cm³/mol. The number of hydrogen-bond acceptors (Lipinski definition) is 6. The molecule has 1 atom stereocenters. The zero-order chi connectivity index (χ0) is 22.8. The molecule has 0 bridgehead atoms. The third-order valence-electron chi connectivity index (χ3n) is 6.39. The number of ether oxygens (including phenoxy) is 2. The first-order valence-electron chi connectivity index (χ1n) is 11.3. The van der Waals surface area contributed by atoms with Crippen molar-refractivity contribution < 1.29 is 18.7 Å². The Kier molecular flexibility index (Phi) is 5.78. The first-order valence-corrected chi connectivity index (χ1v) is 11.3. The summed E-state index contributed by atoms with van der Waals surface area (Å²) in [6.45, 7) is 1.28. The van der Waals surface area contributed by atoms with E-state index in [-0.39, 0.29) is 24.6 Å². The maximum Gasteiger partial charge on any atom is 0.317 e. The van der Waals surface area contributed by atoms with E-state index in [1.807, 2.05) is 18.2 Å². The number of nitrogens with zero attached hydrogens (tertiary/aromatic N) is 3. The average molecular weight is 447 g/mol. The topological polar surface area (TPSA) is 101 Å². The SMILES string of the molecule is COc1ccc(C2CNC(=O)N(Cc3nc4c(C#N)cccc4o3)C2)cc1OC1CCCC1. The van der Waals surface area contributed by atoms with Gasteiger partial charge in [-0.2, -0.15) is 5.26 Å². The van der Waals surface area contributed by atoms with Crippen molar-refractivity contribution in [3.05, 3.63) is 53.4 Å². The quantitative estimate of drug-likeness (QED) is 0.605. The number of amides is 2. The molecule has 2 heterocycles.